The van der Waals surface area contributed by atoms with Crippen molar-refractivity contribution >= 4 is 105 Å². The molecule has 3 aromatic heterocycles. The number of hydrogen-bond acceptors (Lipinski definition) is 25. The number of ether oxygens (including phenoxy) is 6. The topological polar surface area (TPSA) is 302 Å². The summed E-state index contributed by atoms with van der Waals surface area (Å²) in [7, 11) is 8.35. The molecule has 0 bridgehead atoms. The van der Waals surface area contributed by atoms with Crippen LogP contribution in [0.5, 0.6) is 34.5 Å². The lowest BCUT2D eigenvalue weighted by atomic mass is 10.2. The van der Waals surface area contributed by atoms with Crippen LogP contribution in [0.4, 0.5) is 96.2 Å². The third-order valence-electron chi connectivity index (χ3n) is 14.6. The van der Waals surface area contributed by atoms with Gasteiger partial charge in [-0.15, -0.1) is 0 Å². The van der Waals surface area contributed by atoms with Crippen LogP contribution < -0.4 is 71.8 Å². The third kappa shape index (κ3) is 25.0. The van der Waals surface area contributed by atoms with E-state index in [9.17, 15) is 26.3 Å². The molecule has 2 aliphatic rings. The van der Waals surface area contributed by atoms with Crippen LogP contribution in [0.2, 0.25) is 15.9 Å². The number of benzene rings is 6. The van der Waals surface area contributed by atoms with Crippen molar-refractivity contribution in [1.82, 2.24) is 54.7 Å². The summed E-state index contributed by atoms with van der Waals surface area (Å²) in [6.07, 6.45) is 4.90. The third-order valence-corrected chi connectivity index (χ3v) is 15.1. The molecule has 9 aromatic rings. The Hall–Kier alpha value is -9.92. The van der Waals surface area contributed by atoms with Gasteiger partial charge in [-0.05, 0) is 159 Å². The SMILES string of the molecule is C.C.CCN1CCCC1CN.CCN1CCCC1CNc1nc(Nc2ccc(OC)c(F)c2)nc(Nc2ccc(OC)c(F)c2)n1.COc1ccc(N)cc1F.COc1ccc(Nc2nc(Cl)nc(Cl)n2)cc1F.COc1ccc(Nc2nc(Cl)nc(Nc3ccc(OC)c(F)c3)n2)cc1F. The quantitative estimate of drug-likeness (QED) is 0.0231. The number of aromatic nitrogens is 9. The molecule has 544 valence electrons. The Bertz CT molecular complexity index is 3920. The largest absolute Gasteiger partial charge is 0.494 e. The highest BCUT2D eigenvalue weighted by atomic mass is 35.5. The van der Waals surface area contributed by atoms with Crippen molar-refractivity contribution < 1.29 is 54.8 Å². The van der Waals surface area contributed by atoms with Gasteiger partial charge in [-0.2, -0.15) is 44.9 Å². The molecule has 0 radical (unpaired) electrons. The van der Waals surface area contributed by atoms with Gasteiger partial charge in [0.15, 0.2) is 69.4 Å². The summed E-state index contributed by atoms with van der Waals surface area (Å²) in [5.74, 6) is -1.18. The summed E-state index contributed by atoms with van der Waals surface area (Å²) in [5, 5.41) is 17.5. The van der Waals surface area contributed by atoms with Crippen LogP contribution >= 0.6 is 34.8 Å². The number of halogens is 9. The second-order valence-electron chi connectivity index (χ2n) is 21.0. The fraction of sp³-hybridized carbons (Fsp3) is 0.328. The molecule has 2 atom stereocenters. The highest BCUT2D eigenvalue weighted by molar-refractivity contribution is 6.31. The van der Waals surface area contributed by atoms with Crippen LogP contribution in [0.15, 0.2) is 109 Å². The lowest BCUT2D eigenvalue weighted by molar-refractivity contribution is 0.272. The van der Waals surface area contributed by atoms with E-state index in [1.807, 2.05) is 0 Å². The minimum Gasteiger partial charge on any atom is -0.494 e. The van der Waals surface area contributed by atoms with Gasteiger partial charge in [0.25, 0.3) is 0 Å². The average Bonchev–Trinajstić information content (AvgIpc) is 0.972. The number of nitrogens with zero attached hydrogens (tertiary/aromatic N) is 11. The zero-order valence-electron chi connectivity index (χ0n) is 55.0. The van der Waals surface area contributed by atoms with Crippen LogP contribution in [0, 0.1) is 34.9 Å². The van der Waals surface area contributed by atoms with E-state index in [4.69, 9.17) is 70.0 Å². The van der Waals surface area contributed by atoms with E-state index in [2.05, 4.69) is 105 Å². The van der Waals surface area contributed by atoms with Crippen molar-refractivity contribution in [2.75, 3.05) is 120 Å². The highest BCUT2D eigenvalue weighted by Gasteiger charge is 2.24. The van der Waals surface area contributed by atoms with Gasteiger partial charge in [-0.1, -0.05) is 28.7 Å². The molecular formula is C67H82Cl3F6N19O6. The Kier molecular flexibility index (Phi) is 33.2. The number of nitrogens with one attached hydrogen (secondary N) is 6. The van der Waals surface area contributed by atoms with E-state index in [0.29, 0.717) is 58.7 Å². The summed E-state index contributed by atoms with van der Waals surface area (Å²) in [5.41, 5.74) is 13.3. The molecule has 10 N–H and O–H groups in total. The molecule has 2 aliphatic heterocycles. The van der Waals surface area contributed by atoms with Gasteiger partial charge in [0.2, 0.25) is 51.5 Å². The Morgan fingerprint density at radius 3 is 0.950 bits per heavy atom. The first-order valence-corrected chi connectivity index (χ1v) is 31.6. The summed E-state index contributed by atoms with van der Waals surface area (Å²) in [6.45, 7) is 10.3. The van der Waals surface area contributed by atoms with E-state index in [1.165, 1.54) is 141 Å². The van der Waals surface area contributed by atoms with Crippen LogP contribution in [0.25, 0.3) is 0 Å². The van der Waals surface area contributed by atoms with Crippen LogP contribution in [-0.4, -0.2) is 149 Å². The second kappa shape index (κ2) is 41.0. The molecule has 0 amide bonds. The Labute approximate surface area is 597 Å². The first-order chi connectivity index (χ1) is 47.7. The number of hydrogen-bond donors (Lipinski definition) is 8. The van der Waals surface area contributed by atoms with Gasteiger partial charge in [0, 0.05) is 95.7 Å². The molecule has 25 nitrogen and oxygen atoms in total. The fourth-order valence-electron chi connectivity index (χ4n) is 9.79. The molecule has 0 saturated carbocycles. The maximum absolute atomic E-state index is 14.2. The van der Waals surface area contributed by atoms with Gasteiger partial charge in [-0.25, -0.2) is 26.3 Å². The number of likely N-dealkylation sites (N-methyl/N-ethyl adjacent to an activating group) is 2. The lowest BCUT2D eigenvalue weighted by Crippen LogP contribution is -2.35. The van der Waals surface area contributed by atoms with E-state index >= 15 is 0 Å². The zero-order chi connectivity index (χ0) is 71.5. The van der Waals surface area contributed by atoms with Crippen LogP contribution in [-0.2, 0) is 0 Å². The Morgan fingerprint density at radius 1 is 0.396 bits per heavy atom. The molecular weight excluding hydrogens is 1390 g/mol. The number of likely N-dealkylation sites (tertiary alicyclic amines) is 2. The zero-order valence-corrected chi connectivity index (χ0v) is 57.3. The van der Waals surface area contributed by atoms with Gasteiger partial charge < -0.3 is 71.8 Å². The lowest BCUT2D eigenvalue weighted by Gasteiger charge is -2.23. The molecule has 2 saturated heterocycles. The molecule has 101 heavy (non-hydrogen) atoms. The van der Waals surface area contributed by atoms with Crippen molar-refractivity contribution in [1.29, 1.82) is 0 Å². The van der Waals surface area contributed by atoms with Crippen LogP contribution in [0.3, 0.4) is 0 Å². The number of nitrogen functional groups attached to an aromatic ring is 1. The minimum absolute atomic E-state index is 0. The number of rotatable bonds is 22. The molecule has 0 spiro atoms. The summed E-state index contributed by atoms with van der Waals surface area (Å²) in [4.78, 5) is 41.3. The van der Waals surface area contributed by atoms with Crippen molar-refractivity contribution in [3.63, 3.8) is 0 Å². The Morgan fingerprint density at radius 2 is 0.663 bits per heavy atom. The maximum Gasteiger partial charge on any atom is 0.233 e. The number of methoxy groups -OCH3 is 6. The molecule has 11 rings (SSSR count). The van der Waals surface area contributed by atoms with Gasteiger partial charge in [0.1, 0.15) is 0 Å². The standard InChI is InChI=1S/C24H29F2N7O2.C17H14ClF2N5O2.C10H7Cl2FN4O.C7H8FNO.C7H16N2.2CH4/c1-4-33-11-5-6-17(33)14-27-22-30-23(28-15-7-9-20(34-2)18(25)12-15)32-24(31-22)29-16-8-10-21(35-3)19(26)13-16;1-26-13-5-3-9(7-11(13)19)21-16-23-15(18)24-17(25-16)22-10-4-6-14(27-2)12(20)8-10;1-18-7-3-2-5(4-6(7)13)14-10-16-8(11)15-9(12)17-10;1-10-7-3-2-5(9)4-6(7)8;1-2-9-5-3-4-7(9)6-8;;/h7-10,12-13,17H,4-6,11,14H2,1-3H3,(H3,27,28,29,30,31,32);3-8H,1-2H3,(H2,21,22,23,24,25);2-4H,1H3,(H,14,15,16,17);2-4H,9H2,1H3;7H,2-6,8H2,1H3;2*1H4. The Balaban J connectivity index is 0.000000246. The van der Waals surface area contributed by atoms with Crippen molar-refractivity contribution in [2.24, 2.45) is 5.73 Å². The second-order valence-corrected chi connectivity index (χ2v) is 22.0. The van der Waals surface area contributed by atoms with Crippen molar-refractivity contribution in [2.45, 2.75) is 66.5 Å². The minimum atomic E-state index is -0.547. The molecule has 2 unspecified atom stereocenters. The van der Waals surface area contributed by atoms with Crippen LogP contribution in [0.1, 0.15) is 54.4 Å². The molecule has 34 heteroatoms. The van der Waals surface area contributed by atoms with Crippen molar-refractivity contribution in [3.05, 3.63) is 160 Å². The first kappa shape index (κ1) is 81.8. The fourth-order valence-corrected chi connectivity index (χ4v) is 10.3. The first-order valence-electron chi connectivity index (χ1n) is 30.5. The van der Waals surface area contributed by atoms with Gasteiger partial charge >= 0.3 is 0 Å². The normalized spacial score (nSPS) is 13.6. The van der Waals surface area contributed by atoms with E-state index < -0.39 is 34.9 Å². The average molecular weight is 1470 g/mol. The summed E-state index contributed by atoms with van der Waals surface area (Å²) < 4.78 is 111. The molecule has 5 heterocycles. The van der Waals surface area contributed by atoms with E-state index in [1.54, 1.807) is 36.4 Å². The van der Waals surface area contributed by atoms with Gasteiger partial charge in [0.05, 0.1) is 42.7 Å². The monoisotopic (exact) mass is 1470 g/mol. The maximum atomic E-state index is 14.2. The molecule has 2 fully saturated rings. The van der Waals surface area contributed by atoms with Crippen molar-refractivity contribution in [3.8, 4) is 34.5 Å². The summed E-state index contributed by atoms with van der Waals surface area (Å²) >= 11 is 17.1. The predicted octanol–water partition coefficient (Wildman–Crippen LogP) is 15.0. The number of nitrogens with two attached hydrogens (primary N) is 2. The molecule has 0 aliphatic carbocycles. The predicted molar refractivity (Wildman–Crippen MR) is 385 cm³/mol. The smallest absolute Gasteiger partial charge is 0.233 e. The summed E-state index contributed by atoms with van der Waals surface area (Å²) in [6, 6.07) is 27.1. The number of anilines is 12. The van der Waals surface area contributed by atoms with Gasteiger partial charge in [-0.3, -0.25) is 9.80 Å². The van der Waals surface area contributed by atoms with E-state index in [-0.39, 0.29) is 94.9 Å². The van der Waals surface area contributed by atoms with E-state index in [0.717, 1.165) is 32.5 Å². The molecule has 6 aromatic carbocycles. The highest BCUT2D eigenvalue weighted by Crippen LogP contribution is 2.30.